The summed E-state index contributed by atoms with van der Waals surface area (Å²) < 4.78 is 0. The highest BCUT2D eigenvalue weighted by Crippen LogP contribution is 2.20. The van der Waals surface area contributed by atoms with Crippen molar-refractivity contribution in [2.75, 3.05) is 0 Å². The number of aromatic nitrogens is 1. The summed E-state index contributed by atoms with van der Waals surface area (Å²) in [6.45, 7) is 4.03. The Morgan fingerprint density at radius 3 is 2.62 bits per heavy atom. The molecule has 74 valence electrons. The summed E-state index contributed by atoms with van der Waals surface area (Å²) in [6.07, 6.45) is 0. The van der Waals surface area contributed by atoms with Crippen molar-refractivity contribution in [3.05, 3.63) is 15.6 Å². The molecule has 3 N–H and O–H groups in total. The molecule has 0 saturated carbocycles. The highest BCUT2D eigenvalue weighted by atomic mass is 35.5. The van der Waals surface area contributed by atoms with Crippen molar-refractivity contribution in [2.24, 2.45) is 5.73 Å². The highest BCUT2D eigenvalue weighted by Gasteiger charge is 2.04. The number of amidine groups is 1. The van der Waals surface area contributed by atoms with Gasteiger partial charge in [0, 0.05) is 10.6 Å². The van der Waals surface area contributed by atoms with Gasteiger partial charge in [-0.3, -0.25) is 5.41 Å². The van der Waals surface area contributed by atoms with E-state index in [2.05, 4.69) is 4.98 Å². The molecule has 0 atom stereocenters. The molecule has 3 nitrogen and oxygen atoms in total. The van der Waals surface area contributed by atoms with Gasteiger partial charge in [0.1, 0.15) is 0 Å². The first-order chi connectivity index (χ1) is 5.59. The Morgan fingerprint density at radius 2 is 2.23 bits per heavy atom. The van der Waals surface area contributed by atoms with E-state index in [4.69, 9.17) is 11.1 Å². The zero-order chi connectivity index (χ0) is 9.14. The van der Waals surface area contributed by atoms with E-state index in [0.717, 1.165) is 10.7 Å². The van der Waals surface area contributed by atoms with E-state index in [1.807, 2.05) is 13.8 Å². The number of nitrogens with zero attached hydrogens (tertiary/aromatic N) is 1. The molecule has 0 aliphatic rings. The molecule has 0 amide bonds. The standard InChI is InChI=1S/C7H11N3S2.ClH/c1-4-6(3-11-7(8)9)10-5(2)12-4;/h3H2,1-2H3,(H3,8,9);1H. The summed E-state index contributed by atoms with van der Waals surface area (Å²) in [5.74, 6) is 0.714. The number of hydrogen-bond acceptors (Lipinski definition) is 4. The molecular weight excluding hydrogens is 226 g/mol. The van der Waals surface area contributed by atoms with Crippen molar-refractivity contribution < 1.29 is 0 Å². The number of halogens is 1. The Balaban J connectivity index is 0.00000144. The minimum Gasteiger partial charge on any atom is -0.379 e. The van der Waals surface area contributed by atoms with E-state index in [1.54, 1.807) is 11.3 Å². The monoisotopic (exact) mass is 237 g/mol. The average molecular weight is 238 g/mol. The molecule has 0 aromatic carbocycles. The number of hydrogen-bond donors (Lipinski definition) is 2. The van der Waals surface area contributed by atoms with E-state index in [-0.39, 0.29) is 17.6 Å². The normalized spacial score (nSPS) is 9.38. The largest absolute Gasteiger partial charge is 0.379 e. The third-order valence-corrected chi connectivity index (χ3v) is 3.02. The van der Waals surface area contributed by atoms with Gasteiger partial charge in [0.25, 0.3) is 0 Å². The zero-order valence-corrected chi connectivity index (χ0v) is 9.91. The lowest BCUT2D eigenvalue weighted by Crippen LogP contribution is -2.04. The van der Waals surface area contributed by atoms with Crippen LogP contribution in [0.1, 0.15) is 15.6 Å². The number of nitrogens with two attached hydrogens (primary N) is 1. The maximum Gasteiger partial charge on any atom is 0.151 e. The van der Waals surface area contributed by atoms with Crippen molar-refractivity contribution in [2.45, 2.75) is 19.6 Å². The van der Waals surface area contributed by atoms with Crippen LogP contribution in [0.25, 0.3) is 0 Å². The van der Waals surface area contributed by atoms with E-state index < -0.39 is 0 Å². The lowest BCUT2D eigenvalue weighted by molar-refractivity contribution is 1.16. The molecule has 0 unspecified atom stereocenters. The van der Waals surface area contributed by atoms with Crippen LogP contribution in [-0.4, -0.2) is 10.2 Å². The molecule has 0 fully saturated rings. The lowest BCUT2D eigenvalue weighted by atomic mass is 10.4. The van der Waals surface area contributed by atoms with Crippen molar-refractivity contribution >= 4 is 40.7 Å². The fourth-order valence-electron chi connectivity index (χ4n) is 0.852. The van der Waals surface area contributed by atoms with Crippen molar-refractivity contribution in [3.63, 3.8) is 0 Å². The van der Waals surface area contributed by atoms with Crippen molar-refractivity contribution in [1.29, 1.82) is 5.41 Å². The summed E-state index contributed by atoms with van der Waals surface area (Å²) in [5.41, 5.74) is 6.27. The van der Waals surface area contributed by atoms with E-state index >= 15 is 0 Å². The van der Waals surface area contributed by atoms with Crippen LogP contribution in [0.3, 0.4) is 0 Å². The molecule has 0 spiro atoms. The summed E-state index contributed by atoms with van der Waals surface area (Å²) in [4.78, 5) is 5.55. The highest BCUT2D eigenvalue weighted by molar-refractivity contribution is 8.13. The fraction of sp³-hybridized carbons (Fsp3) is 0.429. The van der Waals surface area contributed by atoms with E-state index in [9.17, 15) is 0 Å². The Bertz CT molecular complexity index is 298. The lowest BCUT2D eigenvalue weighted by Gasteiger charge is -1.95. The summed E-state index contributed by atoms with van der Waals surface area (Å²) in [7, 11) is 0. The Morgan fingerprint density at radius 1 is 1.62 bits per heavy atom. The van der Waals surface area contributed by atoms with Gasteiger partial charge in [0.2, 0.25) is 0 Å². The molecule has 0 aliphatic carbocycles. The third kappa shape index (κ3) is 3.97. The van der Waals surface area contributed by atoms with Crippen LogP contribution in [0.5, 0.6) is 0 Å². The predicted octanol–water partition coefficient (Wildman–Crippen LogP) is 2.31. The maximum atomic E-state index is 7.04. The number of thiazole rings is 1. The van der Waals surface area contributed by atoms with Gasteiger partial charge >= 0.3 is 0 Å². The van der Waals surface area contributed by atoms with Gasteiger partial charge < -0.3 is 5.73 Å². The van der Waals surface area contributed by atoms with Gasteiger partial charge in [-0.1, -0.05) is 11.8 Å². The SMILES string of the molecule is Cc1nc(CSC(=N)N)c(C)s1.Cl. The number of thioether (sulfide) groups is 1. The van der Waals surface area contributed by atoms with Crippen molar-refractivity contribution in [1.82, 2.24) is 4.98 Å². The summed E-state index contributed by atoms with van der Waals surface area (Å²) in [5, 5.41) is 8.27. The molecular formula is C7H12ClN3S2. The minimum atomic E-state index is 0. The second-order valence-corrected chi connectivity index (χ2v) is 4.81. The predicted molar refractivity (Wildman–Crippen MR) is 62.0 cm³/mol. The van der Waals surface area contributed by atoms with Crippen molar-refractivity contribution in [3.8, 4) is 0 Å². The van der Waals surface area contributed by atoms with Crippen LogP contribution in [0, 0.1) is 19.3 Å². The molecule has 0 radical (unpaired) electrons. The van der Waals surface area contributed by atoms with Crippen LogP contribution >= 0.6 is 35.5 Å². The first kappa shape index (κ1) is 12.7. The fourth-order valence-corrected chi connectivity index (χ4v) is 2.35. The molecule has 6 heteroatoms. The third-order valence-electron chi connectivity index (χ3n) is 1.36. The van der Waals surface area contributed by atoms with Crippen LogP contribution in [0.4, 0.5) is 0 Å². The van der Waals surface area contributed by atoms with E-state index in [0.29, 0.717) is 5.75 Å². The van der Waals surface area contributed by atoms with Crippen LogP contribution in [0.2, 0.25) is 0 Å². The first-order valence-electron chi connectivity index (χ1n) is 3.49. The first-order valence-corrected chi connectivity index (χ1v) is 5.29. The van der Waals surface area contributed by atoms with Gasteiger partial charge in [-0.25, -0.2) is 4.98 Å². The van der Waals surface area contributed by atoms with Gasteiger partial charge in [-0.2, -0.15) is 0 Å². The van der Waals surface area contributed by atoms with Crippen LogP contribution in [-0.2, 0) is 5.75 Å². The second-order valence-electron chi connectivity index (χ2n) is 2.39. The molecule has 13 heavy (non-hydrogen) atoms. The molecule has 1 aromatic heterocycles. The number of rotatable bonds is 2. The van der Waals surface area contributed by atoms with E-state index in [1.165, 1.54) is 16.6 Å². The summed E-state index contributed by atoms with van der Waals surface area (Å²) >= 11 is 3.00. The Labute approximate surface area is 92.1 Å². The molecule has 1 aromatic rings. The Kier molecular flexibility index (Phi) is 5.36. The molecule has 1 rings (SSSR count). The summed E-state index contributed by atoms with van der Waals surface area (Å²) in [6, 6.07) is 0. The van der Waals surface area contributed by atoms with Crippen LogP contribution in [0.15, 0.2) is 0 Å². The molecule has 1 heterocycles. The Hall–Kier alpha value is -0.260. The zero-order valence-electron chi connectivity index (χ0n) is 7.46. The quantitative estimate of drug-likeness (QED) is 0.613. The maximum absolute atomic E-state index is 7.04. The molecule has 0 bridgehead atoms. The van der Waals surface area contributed by atoms with Crippen LogP contribution < -0.4 is 5.73 Å². The van der Waals surface area contributed by atoms with Gasteiger partial charge in [-0.05, 0) is 13.8 Å². The smallest absolute Gasteiger partial charge is 0.151 e. The number of nitrogens with one attached hydrogen (secondary N) is 1. The minimum absolute atomic E-state index is 0. The van der Waals surface area contributed by atoms with Gasteiger partial charge in [0.05, 0.1) is 10.7 Å². The van der Waals surface area contributed by atoms with Gasteiger partial charge in [-0.15, -0.1) is 23.7 Å². The molecule has 0 saturated heterocycles. The number of aryl methyl sites for hydroxylation is 2. The second kappa shape index (κ2) is 5.47. The average Bonchev–Trinajstić information content (AvgIpc) is 2.26. The van der Waals surface area contributed by atoms with Gasteiger partial charge in [0.15, 0.2) is 5.17 Å². The molecule has 0 aliphatic heterocycles. The topological polar surface area (TPSA) is 62.8 Å².